The lowest BCUT2D eigenvalue weighted by Crippen LogP contribution is -2.18. The highest BCUT2D eigenvalue weighted by Gasteiger charge is 2.14. The van der Waals surface area contributed by atoms with Crippen LogP contribution in [0.5, 0.6) is 0 Å². The molecule has 1 saturated heterocycles. The van der Waals surface area contributed by atoms with E-state index in [2.05, 4.69) is 10.6 Å². The molecule has 1 fully saturated rings. The number of nitrogens with one attached hydrogen (secondary N) is 2. The molecule has 1 heterocycles. The SMILES string of the molecule is O=C(Nc1ccc(NCC2CCCO2)cc1)c1ccc(F)cc1. The topological polar surface area (TPSA) is 50.4 Å². The van der Waals surface area contributed by atoms with Crippen LogP contribution in [-0.4, -0.2) is 25.2 Å². The van der Waals surface area contributed by atoms with Gasteiger partial charge in [0, 0.05) is 30.1 Å². The predicted octanol–water partition coefficient (Wildman–Crippen LogP) is 3.67. The van der Waals surface area contributed by atoms with E-state index < -0.39 is 0 Å². The largest absolute Gasteiger partial charge is 0.382 e. The molecule has 120 valence electrons. The average molecular weight is 314 g/mol. The smallest absolute Gasteiger partial charge is 0.255 e. The van der Waals surface area contributed by atoms with Crippen LogP contribution in [-0.2, 0) is 4.74 Å². The van der Waals surface area contributed by atoms with Crippen LogP contribution in [0.15, 0.2) is 48.5 Å². The van der Waals surface area contributed by atoms with Crippen LogP contribution in [0.1, 0.15) is 23.2 Å². The number of carbonyl (C=O) groups is 1. The van der Waals surface area contributed by atoms with E-state index in [1.807, 2.05) is 24.3 Å². The summed E-state index contributed by atoms with van der Waals surface area (Å²) in [6, 6.07) is 13.0. The molecular weight excluding hydrogens is 295 g/mol. The van der Waals surface area contributed by atoms with Crippen molar-refractivity contribution in [3.63, 3.8) is 0 Å². The zero-order valence-corrected chi connectivity index (χ0v) is 12.7. The van der Waals surface area contributed by atoms with E-state index >= 15 is 0 Å². The first-order valence-corrected chi connectivity index (χ1v) is 7.73. The van der Waals surface area contributed by atoms with Gasteiger partial charge in [-0.05, 0) is 61.4 Å². The maximum atomic E-state index is 12.9. The van der Waals surface area contributed by atoms with Gasteiger partial charge >= 0.3 is 0 Å². The highest BCUT2D eigenvalue weighted by atomic mass is 19.1. The van der Waals surface area contributed by atoms with E-state index in [-0.39, 0.29) is 17.8 Å². The van der Waals surface area contributed by atoms with Gasteiger partial charge in [-0.25, -0.2) is 4.39 Å². The molecule has 0 saturated carbocycles. The molecule has 0 radical (unpaired) electrons. The molecule has 0 aromatic heterocycles. The Hall–Kier alpha value is -2.40. The van der Waals surface area contributed by atoms with E-state index in [1.54, 1.807) is 0 Å². The van der Waals surface area contributed by atoms with E-state index in [1.165, 1.54) is 24.3 Å². The van der Waals surface area contributed by atoms with E-state index in [0.29, 0.717) is 11.3 Å². The summed E-state index contributed by atoms with van der Waals surface area (Å²) in [5, 5.41) is 6.11. The molecule has 2 aromatic rings. The second-order valence-corrected chi connectivity index (χ2v) is 5.55. The van der Waals surface area contributed by atoms with Crippen molar-refractivity contribution in [2.75, 3.05) is 23.8 Å². The molecule has 1 aliphatic heterocycles. The van der Waals surface area contributed by atoms with E-state index in [4.69, 9.17) is 4.74 Å². The van der Waals surface area contributed by atoms with Crippen LogP contribution >= 0.6 is 0 Å². The molecule has 3 rings (SSSR count). The number of benzene rings is 2. The molecule has 1 aliphatic rings. The quantitative estimate of drug-likeness (QED) is 0.885. The van der Waals surface area contributed by atoms with Gasteiger partial charge in [0.2, 0.25) is 0 Å². The van der Waals surface area contributed by atoms with Gasteiger partial charge in [0.15, 0.2) is 0 Å². The Bertz CT molecular complexity index is 650. The zero-order chi connectivity index (χ0) is 16.1. The highest BCUT2D eigenvalue weighted by molar-refractivity contribution is 6.04. The van der Waals surface area contributed by atoms with Crippen LogP contribution in [0.2, 0.25) is 0 Å². The van der Waals surface area contributed by atoms with Crippen LogP contribution < -0.4 is 10.6 Å². The maximum absolute atomic E-state index is 12.9. The number of halogens is 1. The fourth-order valence-corrected chi connectivity index (χ4v) is 2.51. The normalized spacial score (nSPS) is 17.0. The molecule has 1 amide bonds. The summed E-state index contributed by atoms with van der Waals surface area (Å²) in [7, 11) is 0. The lowest BCUT2D eigenvalue weighted by Gasteiger charge is -2.12. The van der Waals surface area contributed by atoms with Gasteiger partial charge in [0.25, 0.3) is 5.91 Å². The highest BCUT2D eigenvalue weighted by Crippen LogP contribution is 2.17. The predicted molar refractivity (Wildman–Crippen MR) is 88.3 cm³/mol. The summed E-state index contributed by atoms with van der Waals surface area (Å²) in [6.45, 7) is 1.64. The van der Waals surface area contributed by atoms with Gasteiger partial charge in [-0.15, -0.1) is 0 Å². The van der Waals surface area contributed by atoms with Crippen molar-refractivity contribution in [2.24, 2.45) is 0 Å². The van der Waals surface area contributed by atoms with Gasteiger partial charge in [-0.2, -0.15) is 0 Å². The third kappa shape index (κ3) is 4.29. The Kier molecular flexibility index (Phi) is 4.88. The minimum absolute atomic E-state index is 0.259. The van der Waals surface area contributed by atoms with Crippen LogP contribution in [0.3, 0.4) is 0 Å². The number of carbonyl (C=O) groups excluding carboxylic acids is 1. The molecule has 0 aliphatic carbocycles. The summed E-state index contributed by atoms with van der Waals surface area (Å²) in [6.07, 6.45) is 2.51. The third-order valence-corrected chi connectivity index (χ3v) is 3.81. The number of anilines is 2. The van der Waals surface area contributed by atoms with Crippen molar-refractivity contribution >= 4 is 17.3 Å². The number of hydrogen-bond donors (Lipinski definition) is 2. The molecule has 2 N–H and O–H groups in total. The average Bonchev–Trinajstić information content (AvgIpc) is 3.08. The van der Waals surface area contributed by atoms with Crippen molar-refractivity contribution in [1.29, 1.82) is 0 Å². The summed E-state index contributed by atoms with van der Waals surface area (Å²) in [5.74, 6) is -0.617. The van der Waals surface area contributed by atoms with Gasteiger partial charge in [-0.3, -0.25) is 4.79 Å². The number of hydrogen-bond acceptors (Lipinski definition) is 3. The second-order valence-electron chi connectivity index (χ2n) is 5.55. The molecule has 1 unspecified atom stereocenters. The van der Waals surface area contributed by atoms with Gasteiger partial charge in [0.05, 0.1) is 6.10 Å². The van der Waals surface area contributed by atoms with Crippen molar-refractivity contribution in [1.82, 2.24) is 0 Å². The monoisotopic (exact) mass is 314 g/mol. The molecular formula is C18H19FN2O2. The van der Waals surface area contributed by atoms with Crippen LogP contribution in [0.25, 0.3) is 0 Å². The van der Waals surface area contributed by atoms with Crippen molar-refractivity contribution in [3.05, 3.63) is 59.9 Å². The summed E-state index contributed by atoms with van der Waals surface area (Å²) < 4.78 is 18.4. The van der Waals surface area contributed by atoms with Gasteiger partial charge < -0.3 is 15.4 Å². The molecule has 0 bridgehead atoms. The van der Waals surface area contributed by atoms with Crippen molar-refractivity contribution in [3.8, 4) is 0 Å². The van der Waals surface area contributed by atoms with Crippen molar-refractivity contribution < 1.29 is 13.9 Å². The minimum atomic E-state index is -0.358. The Morgan fingerprint density at radius 2 is 1.78 bits per heavy atom. The fraction of sp³-hybridized carbons (Fsp3) is 0.278. The molecule has 4 nitrogen and oxygen atoms in total. The van der Waals surface area contributed by atoms with E-state index in [0.717, 1.165) is 31.7 Å². The molecule has 1 atom stereocenters. The molecule has 5 heteroatoms. The molecule has 0 spiro atoms. The number of rotatable bonds is 5. The first-order valence-electron chi connectivity index (χ1n) is 7.73. The Morgan fingerprint density at radius 3 is 2.43 bits per heavy atom. The second kappa shape index (κ2) is 7.24. The Balaban J connectivity index is 1.54. The fourth-order valence-electron chi connectivity index (χ4n) is 2.51. The van der Waals surface area contributed by atoms with Crippen LogP contribution in [0, 0.1) is 5.82 Å². The number of ether oxygens (including phenoxy) is 1. The summed E-state index contributed by atoms with van der Waals surface area (Å²) in [5.41, 5.74) is 2.11. The Morgan fingerprint density at radius 1 is 1.09 bits per heavy atom. The van der Waals surface area contributed by atoms with Gasteiger partial charge in [-0.1, -0.05) is 0 Å². The lowest BCUT2D eigenvalue weighted by atomic mass is 10.2. The molecule has 23 heavy (non-hydrogen) atoms. The molecule has 2 aromatic carbocycles. The first kappa shape index (κ1) is 15.5. The van der Waals surface area contributed by atoms with Gasteiger partial charge in [0.1, 0.15) is 5.82 Å². The summed E-state index contributed by atoms with van der Waals surface area (Å²) in [4.78, 5) is 12.0. The Labute approximate surface area is 134 Å². The minimum Gasteiger partial charge on any atom is -0.382 e. The first-order chi connectivity index (χ1) is 11.2. The van der Waals surface area contributed by atoms with Crippen LogP contribution in [0.4, 0.5) is 15.8 Å². The van der Waals surface area contributed by atoms with E-state index in [9.17, 15) is 9.18 Å². The standard InChI is InChI=1S/C18H19FN2O2/c19-14-5-3-13(4-6-14)18(22)21-16-9-7-15(8-10-16)20-12-17-2-1-11-23-17/h3-10,17,20H,1-2,11-12H2,(H,21,22). The summed E-state index contributed by atoms with van der Waals surface area (Å²) >= 11 is 0. The number of amides is 1. The zero-order valence-electron chi connectivity index (χ0n) is 12.7. The third-order valence-electron chi connectivity index (χ3n) is 3.81. The maximum Gasteiger partial charge on any atom is 0.255 e. The van der Waals surface area contributed by atoms with Crippen molar-refractivity contribution in [2.45, 2.75) is 18.9 Å². The lowest BCUT2D eigenvalue weighted by molar-refractivity contribution is 0.102.